The van der Waals surface area contributed by atoms with E-state index in [9.17, 15) is 9.59 Å². The Balaban J connectivity index is 1.80. The number of carbonyl (C=O) groups is 2. The molecule has 0 saturated carbocycles. The summed E-state index contributed by atoms with van der Waals surface area (Å²) in [6.07, 6.45) is 1.50. The summed E-state index contributed by atoms with van der Waals surface area (Å²) >= 11 is 6.25. The number of anilines is 1. The largest absolute Gasteiger partial charge is 0.486 e. The zero-order valence-electron chi connectivity index (χ0n) is 13.1. The van der Waals surface area contributed by atoms with Gasteiger partial charge in [-0.1, -0.05) is 17.7 Å². The van der Waals surface area contributed by atoms with Crippen LogP contribution in [0.15, 0.2) is 36.5 Å². The second-order valence-electron chi connectivity index (χ2n) is 5.34. The summed E-state index contributed by atoms with van der Waals surface area (Å²) in [6, 6.07) is 8.64. The molecule has 8 heteroatoms. The van der Waals surface area contributed by atoms with Crippen LogP contribution in [0.4, 0.5) is 5.69 Å². The molecular weight excluding hydrogens is 348 g/mol. The normalized spacial score (nSPS) is 13.2. The van der Waals surface area contributed by atoms with Gasteiger partial charge in [0, 0.05) is 18.8 Å². The Labute approximate surface area is 148 Å². The average Bonchev–Trinajstić information content (AvgIpc) is 2.60. The molecule has 0 bridgehead atoms. The summed E-state index contributed by atoms with van der Waals surface area (Å²) in [5.41, 5.74) is 1.18. The van der Waals surface area contributed by atoms with Crippen molar-refractivity contribution in [3.05, 3.63) is 47.2 Å². The highest BCUT2D eigenvalue weighted by Gasteiger charge is 2.27. The molecule has 1 aromatic heterocycles. The van der Waals surface area contributed by atoms with Gasteiger partial charge in [0.15, 0.2) is 6.61 Å². The number of fused-ring (bicyclic) bond motifs is 1. The molecule has 1 aliphatic heterocycles. The first-order chi connectivity index (χ1) is 12.0. The number of ether oxygens (including phenoxy) is 2. The number of benzene rings is 1. The maximum absolute atomic E-state index is 12.0. The number of hydrogen-bond acceptors (Lipinski definition) is 5. The number of aliphatic carboxylic acids is 1. The predicted molar refractivity (Wildman–Crippen MR) is 90.1 cm³/mol. The molecule has 25 heavy (non-hydrogen) atoms. The van der Waals surface area contributed by atoms with Crippen LogP contribution in [0, 0.1) is 0 Å². The van der Waals surface area contributed by atoms with Crippen molar-refractivity contribution in [1.82, 2.24) is 4.98 Å². The van der Waals surface area contributed by atoms with E-state index in [0.29, 0.717) is 22.2 Å². The van der Waals surface area contributed by atoms with Gasteiger partial charge in [0.25, 0.3) is 5.91 Å². The lowest BCUT2D eigenvalue weighted by Crippen LogP contribution is -2.40. The van der Waals surface area contributed by atoms with Gasteiger partial charge in [-0.05, 0) is 18.2 Å². The van der Waals surface area contributed by atoms with Crippen LogP contribution in [0.2, 0.25) is 5.02 Å². The molecule has 0 atom stereocenters. The van der Waals surface area contributed by atoms with E-state index in [0.717, 1.165) is 5.69 Å². The number of nitrogens with zero attached hydrogens (tertiary/aromatic N) is 2. The molecule has 1 amide bonds. The Kier molecular flexibility index (Phi) is 5.04. The van der Waals surface area contributed by atoms with Gasteiger partial charge in [0.1, 0.15) is 18.1 Å². The quantitative estimate of drug-likeness (QED) is 0.849. The zero-order valence-corrected chi connectivity index (χ0v) is 13.9. The predicted octanol–water partition coefficient (Wildman–Crippen LogP) is 2.51. The molecule has 0 aliphatic carbocycles. The van der Waals surface area contributed by atoms with E-state index in [-0.39, 0.29) is 32.1 Å². The molecule has 3 rings (SSSR count). The lowest BCUT2D eigenvalue weighted by molar-refractivity contribution is -0.136. The first-order valence-electron chi connectivity index (χ1n) is 7.56. The number of carbonyl (C=O) groups excluding carboxylic acids is 1. The van der Waals surface area contributed by atoms with E-state index in [4.69, 9.17) is 26.2 Å². The van der Waals surface area contributed by atoms with Crippen molar-refractivity contribution in [2.45, 2.75) is 13.0 Å². The Morgan fingerprint density at radius 3 is 2.96 bits per heavy atom. The van der Waals surface area contributed by atoms with E-state index in [2.05, 4.69) is 4.98 Å². The SMILES string of the molecule is O=C(O)CCN1C(=O)COc2cc(OCc3ccccn3)c(Cl)cc21. The molecule has 130 valence electrons. The fourth-order valence-corrected chi connectivity index (χ4v) is 2.61. The lowest BCUT2D eigenvalue weighted by atomic mass is 10.2. The van der Waals surface area contributed by atoms with Gasteiger partial charge in [0.05, 0.1) is 22.8 Å². The molecular formula is C17H15ClN2O5. The third kappa shape index (κ3) is 4.00. The molecule has 0 saturated heterocycles. The van der Waals surface area contributed by atoms with E-state index < -0.39 is 5.97 Å². The van der Waals surface area contributed by atoms with Gasteiger partial charge >= 0.3 is 5.97 Å². The Hall–Kier alpha value is -2.80. The summed E-state index contributed by atoms with van der Waals surface area (Å²) in [5.74, 6) is -0.474. The van der Waals surface area contributed by atoms with Crippen LogP contribution in [0.5, 0.6) is 11.5 Å². The highest BCUT2D eigenvalue weighted by molar-refractivity contribution is 6.32. The van der Waals surface area contributed by atoms with Crippen LogP contribution >= 0.6 is 11.6 Å². The van der Waals surface area contributed by atoms with Crippen molar-refractivity contribution in [2.24, 2.45) is 0 Å². The molecule has 1 aromatic carbocycles. The molecule has 2 aromatic rings. The Morgan fingerprint density at radius 1 is 1.40 bits per heavy atom. The minimum Gasteiger partial charge on any atom is -0.486 e. The van der Waals surface area contributed by atoms with Crippen LogP contribution in [-0.4, -0.2) is 35.1 Å². The number of halogens is 1. The van der Waals surface area contributed by atoms with Crippen molar-refractivity contribution in [2.75, 3.05) is 18.1 Å². The minimum absolute atomic E-state index is 0.0506. The van der Waals surface area contributed by atoms with E-state index in [1.54, 1.807) is 18.3 Å². The number of aromatic nitrogens is 1. The second kappa shape index (κ2) is 7.40. The maximum atomic E-state index is 12.0. The molecule has 1 aliphatic rings. The molecule has 0 radical (unpaired) electrons. The van der Waals surface area contributed by atoms with Crippen LogP contribution in [0.1, 0.15) is 12.1 Å². The van der Waals surface area contributed by atoms with Crippen LogP contribution in [0.25, 0.3) is 0 Å². The lowest BCUT2D eigenvalue weighted by Gasteiger charge is -2.29. The van der Waals surface area contributed by atoms with Crippen molar-refractivity contribution in [1.29, 1.82) is 0 Å². The fourth-order valence-electron chi connectivity index (χ4n) is 2.40. The molecule has 2 heterocycles. The molecule has 0 fully saturated rings. The number of carboxylic acid groups (broad SMARTS) is 1. The number of amides is 1. The maximum Gasteiger partial charge on any atom is 0.305 e. The third-order valence-corrected chi connectivity index (χ3v) is 3.90. The van der Waals surface area contributed by atoms with Gasteiger partial charge in [-0.15, -0.1) is 0 Å². The number of hydrogen-bond donors (Lipinski definition) is 1. The molecule has 7 nitrogen and oxygen atoms in total. The summed E-state index contributed by atoms with van der Waals surface area (Å²) < 4.78 is 11.1. The van der Waals surface area contributed by atoms with Crippen molar-refractivity contribution < 1.29 is 24.2 Å². The average molecular weight is 363 g/mol. The van der Waals surface area contributed by atoms with Crippen molar-refractivity contribution >= 4 is 29.2 Å². The van der Waals surface area contributed by atoms with E-state index in [1.165, 1.54) is 4.90 Å². The van der Waals surface area contributed by atoms with Gasteiger partial charge in [-0.2, -0.15) is 0 Å². The van der Waals surface area contributed by atoms with Crippen LogP contribution in [0.3, 0.4) is 0 Å². The first-order valence-corrected chi connectivity index (χ1v) is 7.93. The van der Waals surface area contributed by atoms with Gasteiger partial charge in [-0.3, -0.25) is 14.6 Å². The molecule has 0 unspecified atom stereocenters. The Morgan fingerprint density at radius 2 is 2.24 bits per heavy atom. The smallest absolute Gasteiger partial charge is 0.305 e. The van der Waals surface area contributed by atoms with Gasteiger partial charge < -0.3 is 19.5 Å². The van der Waals surface area contributed by atoms with E-state index >= 15 is 0 Å². The molecule has 0 spiro atoms. The third-order valence-electron chi connectivity index (χ3n) is 3.61. The summed E-state index contributed by atoms with van der Waals surface area (Å²) in [6.45, 7) is 0.129. The standard InChI is InChI=1S/C17H15ClN2O5/c18-12-7-13-15(25-10-16(21)20(13)6-4-17(22)23)8-14(12)24-9-11-3-1-2-5-19-11/h1-3,5,7-8H,4,6,9-10H2,(H,22,23). The number of pyridine rings is 1. The summed E-state index contributed by atoms with van der Waals surface area (Å²) in [5, 5.41) is 9.13. The highest BCUT2D eigenvalue weighted by Crippen LogP contribution is 2.40. The zero-order chi connectivity index (χ0) is 17.8. The van der Waals surface area contributed by atoms with Crippen molar-refractivity contribution in [3.63, 3.8) is 0 Å². The number of rotatable bonds is 6. The summed E-state index contributed by atoms with van der Waals surface area (Å²) in [4.78, 5) is 28.3. The van der Waals surface area contributed by atoms with Gasteiger partial charge in [0.2, 0.25) is 0 Å². The second-order valence-corrected chi connectivity index (χ2v) is 5.75. The molecule has 1 N–H and O–H groups in total. The monoisotopic (exact) mass is 362 g/mol. The topological polar surface area (TPSA) is 89.0 Å². The van der Waals surface area contributed by atoms with Crippen molar-refractivity contribution in [3.8, 4) is 11.5 Å². The Bertz CT molecular complexity index is 797. The van der Waals surface area contributed by atoms with Crippen LogP contribution < -0.4 is 14.4 Å². The van der Waals surface area contributed by atoms with Gasteiger partial charge in [-0.25, -0.2) is 0 Å². The van der Waals surface area contributed by atoms with Crippen LogP contribution in [-0.2, 0) is 16.2 Å². The van der Waals surface area contributed by atoms with E-state index in [1.807, 2.05) is 18.2 Å². The fraction of sp³-hybridized carbons (Fsp3) is 0.235. The number of carboxylic acids is 1. The minimum atomic E-state index is -0.984. The summed E-state index contributed by atoms with van der Waals surface area (Å²) in [7, 11) is 0. The first kappa shape index (κ1) is 17.0. The highest BCUT2D eigenvalue weighted by atomic mass is 35.5.